The van der Waals surface area contributed by atoms with Crippen LogP contribution < -0.4 is 16.4 Å². The Morgan fingerprint density at radius 3 is 2.78 bits per heavy atom. The van der Waals surface area contributed by atoms with Gasteiger partial charge < -0.3 is 16.4 Å². The Hall–Kier alpha value is -1.88. The molecule has 0 spiro atoms. The molecule has 1 aromatic carbocycles. The van der Waals surface area contributed by atoms with Crippen LogP contribution in [0.4, 0.5) is 5.69 Å². The summed E-state index contributed by atoms with van der Waals surface area (Å²) < 4.78 is 0. The Bertz CT molecular complexity index is 473. The highest BCUT2D eigenvalue weighted by Gasteiger charge is 2.27. The van der Waals surface area contributed by atoms with Crippen LogP contribution in [0.5, 0.6) is 0 Å². The highest BCUT2D eigenvalue weighted by Crippen LogP contribution is 2.27. The van der Waals surface area contributed by atoms with E-state index in [9.17, 15) is 9.59 Å². The van der Waals surface area contributed by atoms with Gasteiger partial charge in [-0.05, 0) is 24.5 Å². The fraction of sp³-hybridized carbons (Fsp3) is 0.385. The molecule has 1 heterocycles. The van der Waals surface area contributed by atoms with Gasteiger partial charge in [0.15, 0.2) is 0 Å². The van der Waals surface area contributed by atoms with Crippen molar-refractivity contribution in [3.05, 3.63) is 29.8 Å². The van der Waals surface area contributed by atoms with Crippen LogP contribution in [0.2, 0.25) is 0 Å². The summed E-state index contributed by atoms with van der Waals surface area (Å²) in [5.41, 5.74) is 12.9. The molecule has 0 fully saturated rings. The number of rotatable bonds is 4. The molecule has 2 amide bonds. The average Bonchev–Trinajstić information content (AvgIpc) is 2.78. The Morgan fingerprint density at radius 1 is 1.33 bits per heavy atom. The number of fused-ring (bicyclic) bond motifs is 1. The molecule has 0 bridgehead atoms. The predicted octanol–water partition coefficient (Wildman–Crippen LogP) is 0.169. The number of nitrogens with zero attached hydrogens (tertiary/aromatic N) is 1. The second kappa shape index (κ2) is 5.18. The van der Waals surface area contributed by atoms with Crippen molar-refractivity contribution in [1.29, 1.82) is 0 Å². The van der Waals surface area contributed by atoms with Gasteiger partial charge in [0.1, 0.15) is 0 Å². The smallest absolute Gasteiger partial charge is 0.243 e. The maximum absolute atomic E-state index is 12.2. The lowest BCUT2D eigenvalue weighted by Crippen LogP contribution is -2.43. The standard InChI is InChI=1S/C13H17N3O2/c14-10(5-6-12(15)17)13(18)16-8-7-9-3-1-2-4-11(9)16/h1-4,10H,5-8,14H2,(H2,15,17)/t10-/m0/s1. The number of hydrogen-bond acceptors (Lipinski definition) is 3. The van der Waals surface area contributed by atoms with E-state index in [0.717, 1.165) is 17.7 Å². The number of para-hydroxylation sites is 1. The molecular formula is C13H17N3O2. The highest BCUT2D eigenvalue weighted by atomic mass is 16.2. The Labute approximate surface area is 106 Å². The van der Waals surface area contributed by atoms with E-state index in [0.29, 0.717) is 13.0 Å². The van der Waals surface area contributed by atoms with E-state index in [2.05, 4.69) is 0 Å². The number of primary amides is 1. The third-order valence-electron chi connectivity index (χ3n) is 3.17. The van der Waals surface area contributed by atoms with Gasteiger partial charge in [-0.15, -0.1) is 0 Å². The fourth-order valence-electron chi connectivity index (χ4n) is 2.19. The van der Waals surface area contributed by atoms with Crippen molar-refractivity contribution in [2.24, 2.45) is 11.5 Å². The van der Waals surface area contributed by atoms with Gasteiger partial charge >= 0.3 is 0 Å². The molecule has 1 atom stereocenters. The zero-order chi connectivity index (χ0) is 13.1. The lowest BCUT2D eigenvalue weighted by atomic mass is 10.1. The minimum Gasteiger partial charge on any atom is -0.370 e. The summed E-state index contributed by atoms with van der Waals surface area (Å²) in [7, 11) is 0. The maximum Gasteiger partial charge on any atom is 0.243 e. The van der Waals surface area contributed by atoms with E-state index < -0.39 is 11.9 Å². The topological polar surface area (TPSA) is 89.4 Å². The molecule has 18 heavy (non-hydrogen) atoms. The number of nitrogens with two attached hydrogens (primary N) is 2. The molecule has 1 aliphatic heterocycles. The lowest BCUT2D eigenvalue weighted by Gasteiger charge is -2.21. The molecule has 0 saturated heterocycles. The molecule has 0 saturated carbocycles. The average molecular weight is 247 g/mol. The molecule has 4 N–H and O–H groups in total. The van der Waals surface area contributed by atoms with Crippen LogP contribution in [0.3, 0.4) is 0 Å². The van der Waals surface area contributed by atoms with Crippen LogP contribution in [0.1, 0.15) is 18.4 Å². The second-order valence-electron chi connectivity index (χ2n) is 4.48. The first-order valence-corrected chi connectivity index (χ1v) is 6.03. The van der Waals surface area contributed by atoms with Crippen molar-refractivity contribution < 1.29 is 9.59 Å². The van der Waals surface area contributed by atoms with Crippen molar-refractivity contribution in [2.45, 2.75) is 25.3 Å². The minimum atomic E-state index is -0.663. The summed E-state index contributed by atoms with van der Waals surface area (Å²) in [6, 6.07) is 7.13. The largest absolute Gasteiger partial charge is 0.370 e. The van der Waals surface area contributed by atoms with E-state index in [1.54, 1.807) is 4.90 Å². The zero-order valence-electron chi connectivity index (χ0n) is 10.1. The van der Waals surface area contributed by atoms with Crippen LogP contribution in [0.15, 0.2) is 24.3 Å². The maximum atomic E-state index is 12.2. The van der Waals surface area contributed by atoms with Crippen molar-refractivity contribution in [1.82, 2.24) is 0 Å². The zero-order valence-corrected chi connectivity index (χ0v) is 10.1. The fourth-order valence-corrected chi connectivity index (χ4v) is 2.19. The molecule has 1 aromatic rings. The first-order valence-electron chi connectivity index (χ1n) is 6.03. The van der Waals surface area contributed by atoms with Crippen LogP contribution in [-0.4, -0.2) is 24.4 Å². The van der Waals surface area contributed by atoms with E-state index in [4.69, 9.17) is 11.5 Å². The third-order valence-corrected chi connectivity index (χ3v) is 3.17. The van der Waals surface area contributed by atoms with Crippen LogP contribution in [0.25, 0.3) is 0 Å². The molecule has 0 unspecified atom stereocenters. The van der Waals surface area contributed by atoms with Gasteiger partial charge in [0.2, 0.25) is 11.8 Å². The van der Waals surface area contributed by atoms with Crippen molar-refractivity contribution >= 4 is 17.5 Å². The van der Waals surface area contributed by atoms with Crippen molar-refractivity contribution in [3.8, 4) is 0 Å². The summed E-state index contributed by atoms with van der Waals surface area (Å²) in [5.74, 6) is -0.568. The van der Waals surface area contributed by atoms with Crippen molar-refractivity contribution in [2.75, 3.05) is 11.4 Å². The molecule has 0 aromatic heterocycles. The highest BCUT2D eigenvalue weighted by molar-refractivity contribution is 5.99. The van der Waals surface area contributed by atoms with Gasteiger partial charge in [0.05, 0.1) is 6.04 Å². The summed E-state index contributed by atoms with van der Waals surface area (Å²) in [6.07, 6.45) is 1.29. The lowest BCUT2D eigenvalue weighted by molar-refractivity contribution is -0.120. The van der Waals surface area contributed by atoms with Gasteiger partial charge in [0, 0.05) is 18.7 Å². The normalized spacial score (nSPS) is 15.3. The Kier molecular flexibility index (Phi) is 3.62. The summed E-state index contributed by atoms with van der Waals surface area (Å²) in [4.78, 5) is 24.6. The van der Waals surface area contributed by atoms with Gasteiger partial charge in [-0.3, -0.25) is 9.59 Å². The number of amides is 2. The van der Waals surface area contributed by atoms with E-state index in [-0.39, 0.29) is 12.3 Å². The van der Waals surface area contributed by atoms with Crippen molar-refractivity contribution in [3.63, 3.8) is 0 Å². The molecule has 5 nitrogen and oxygen atoms in total. The predicted molar refractivity (Wildman–Crippen MR) is 68.9 cm³/mol. The number of benzene rings is 1. The number of carbonyl (C=O) groups is 2. The number of anilines is 1. The second-order valence-corrected chi connectivity index (χ2v) is 4.48. The first-order chi connectivity index (χ1) is 8.59. The molecule has 96 valence electrons. The Balaban J connectivity index is 2.05. The number of hydrogen-bond donors (Lipinski definition) is 2. The quantitative estimate of drug-likeness (QED) is 0.794. The van der Waals surface area contributed by atoms with Crippen LogP contribution >= 0.6 is 0 Å². The van der Waals surface area contributed by atoms with E-state index >= 15 is 0 Å². The molecule has 0 aliphatic carbocycles. The van der Waals surface area contributed by atoms with Gasteiger partial charge in [-0.1, -0.05) is 18.2 Å². The van der Waals surface area contributed by atoms with Gasteiger partial charge in [0.25, 0.3) is 0 Å². The van der Waals surface area contributed by atoms with E-state index in [1.807, 2.05) is 24.3 Å². The summed E-state index contributed by atoms with van der Waals surface area (Å²) >= 11 is 0. The molecule has 0 radical (unpaired) electrons. The molecule has 5 heteroatoms. The SMILES string of the molecule is NC(=O)CC[C@H](N)C(=O)N1CCc2ccccc21. The molecule has 1 aliphatic rings. The van der Waals surface area contributed by atoms with Crippen LogP contribution in [0, 0.1) is 0 Å². The summed E-state index contributed by atoms with van der Waals surface area (Å²) in [6.45, 7) is 0.655. The molecular weight excluding hydrogens is 230 g/mol. The summed E-state index contributed by atoms with van der Waals surface area (Å²) in [5, 5.41) is 0. The minimum absolute atomic E-state index is 0.138. The van der Waals surface area contributed by atoms with Crippen LogP contribution in [-0.2, 0) is 16.0 Å². The van der Waals surface area contributed by atoms with Gasteiger partial charge in [-0.2, -0.15) is 0 Å². The Morgan fingerprint density at radius 2 is 2.06 bits per heavy atom. The van der Waals surface area contributed by atoms with E-state index in [1.165, 1.54) is 0 Å². The molecule has 2 rings (SSSR count). The third kappa shape index (κ3) is 2.51. The first kappa shape index (κ1) is 12.6. The monoisotopic (exact) mass is 247 g/mol. The van der Waals surface area contributed by atoms with Gasteiger partial charge in [-0.25, -0.2) is 0 Å². The number of carbonyl (C=O) groups excluding carboxylic acids is 2.